The molecule has 1 saturated carbocycles. The lowest BCUT2D eigenvalue weighted by molar-refractivity contribution is -0.000833. The molecule has 1 aromatic heterocycles. The topological polar surface area (TPSA) is 58.0 Å². The summed E-state index contributed by atoms with van der Waals surface area (Å²) >= 11 is 6.08. The van der Waals surface area contributed by atoms with E-state index in [2.05, 4.69) is 43.0 Å². The zero-order valence-corrected chi connectivity index (χ0v) is 14.2. The molecular formula is C16H26ClN3O. The van der Waals surface area contributed by atoms with Crippen LogP contribution in [0.1, 0.15) is 59.2 Å². The number of hydrogen-bond donors (Lipinski definition) is 2. The van der Waals surface area contributed by atoms with Gasteiger partial charge in [-0.05, 0) is 18.8 Å². The van der Waals surface area contributed by atoms with Gasteiger partial charge in [-0.25, -0.2) is 9.97 Å². The van der Waals surface area contributed by atoms with Gasteiger partial charge in [0.15, 0.2) is 0 Å². The molecule has 0 spiro atoms. The van der Waals surface area contributed by atoms with Crippen LogP contribution in [0.4, 0.5) is 5.82 Å². The van der Waals surface area contributed by atoms with Crippen molar-refractivity contribution in [1.29, 1.82) is 0 Å². The van der Waals surface area contributed by atoms with Crippen molar-refractivity contribution in [3.05, 3.63) is 17.0 Å². The Morgan fingerprint density at radius 3 is 2.76 bits per heavy atom. The molecule has 2 unspecified atom stereocenters. The second kappa shape index (κ2) is 6.09. The van der Waals surface area contributed by atoms with Crippen molar-refractivity contribution in [3.63, 3.8) is 0 Å². The van der Waals surface area contributed by atoms with Crippen LogP contribution in [0.25, 0.3) is 0 Å². The third-order valence-corrected chi connectivity index (χ3v) is 4.23. The summed E-state index contributed by atoms with van der Waals surface area (Å²) < 4.78 is 0. The van der Waals surface area contributed by atoms with Crippen LogP contribution in [0.2, 0.25) is 5.15 Å². The molecule has 0 bridgehead atoms. The number of aromatic nitrogens is 2. The molecule has 2 N–H and O–H groups in total. The second-order valence-corrected chi connectivity index (χ2v) is 7.82. The number of rotatable bonds is 3. The van der Waals surface area contributed by atoms with E-state index < -0.39 is 5.60 Å². The quantitative estimate of drug-likeness (QED) is 0.834. The van der Waals surface area contributed by atoms with E-state index in [-0.39, 0.29) is 5.41 Å². The van der Waals surface area contributed by atoms with Gasteiger partial charge in [-0.1, -0.05) is 52.1 Å². The fourth-order valence-corrected chi connectivity index (χ4v) is 3.07. The van der Waals surface area contributed by atoms with Crippen LogP contribution in [0.3, 0.4) is 0 Å². The molecule has 118 valence electrons. The Hall–Kier alpha value is -0.870. The predicted octanol–water partition coefficient (Wildman–Crippen LogP) is 3.78. The largest absolute Gasteiger partial charge is 0.388 e. The van der Waals surface area contributed by atoms with Gasteiger partial charge in [-0.2, -0.15) is 0 Å². The molecule has 2 rings (SSSR count). The van der Waals surface area contributed by atoms with Gasteiger partial charge in [0, 0.05) is 18.0 Å². The Morgan fingerprint density at radius 2 is 2.14 bits per heavy atom. The normalized spacial score (nSPS) is 26.7. The van der Waals surface area contributed by atoms with E-state index in [4.69, 9.17) is 11.6 Å². The zero-order valence-electron chi connectivity index (χ0n) is 13.4. The Bertz CT molecular complexity index is 501. The van der Waals surface area contributed by atoms with Crippen molar-refractivity contribution in [2.24, 2.45) is 5.92 Å². The summed E-state index contributed by atoms with van der Waals surface area (Å²) in [4.78, 5) is 8.80. The van der Waals surface area contributed by atoms with Gasteiger partial charge < -0.3 is 10.4 Å². The number of aliphatic hydroxyl groups is 1. The monoisotopic (exact) mass is 311 g/mol. The predicted molar refractivity (Wildman–Crippen MR) is 86.8 cm³/mol. The van der Waals surface area contributed by atoms with E-state index in [1.807, 2.05) is 0 Å². The van der Waals surface area contributed by atoms with E-state index in [0.717, 1.165) is 19.3 Å². The number of halogens is 1. The van der Waals surface area contributed by atoms with Crippen LogP contribution in [-0.2, 0) is 5.41 Å². The first-order valence-corrected chi connectivity index (χ1v) is 8.07. The first-order valence-electron chi connectivity index (χ1n) is 7.69. The Balaban J connectivity index is 2.08. The summed E-state index contributed by atoms with van der Waals surface area (Å²) in [5, 5.41) is 14.3. The molecule has 21 heavy (non-hydrogen) atoms. The van der Waals surface area contributed by atoms with E-state index in [9.17, 15) is 5.11 Å². The van der Waals surface area contributed by atoms with Crippen LogP contribution in [0, 0.1) is 5.92 Å². The molecule has 0 aliphatic heterocycles. The second-order valence-electron chi connectivity index (χ2n) is 7.43. The summed E-state index contributed by atoms with van der Waals surface area (Å²) in [7, 11) is 0. The molecular weight excluding hydrogens is 286 g/mol. The van der Waals surface area contributed by atoms with E-state index >= 15 is 0 Å². The number of nitrogens with one attached hydrogen (secondary N) is 1. The highest BCUT2D eigenvalue weighted by molar-refractivity contribution is 6.29. The lowest BCUT2D eigenvalue weighted by atomic mass is 9.79. The van der Waals surface area contributed by atoms with Gasteiger partial charge in [0.1, 0.15) is 16.8 Å². The Labute approximate surface area is 132 Å². The first-order chi connectivity index (χ1) is 9.68. The van der Waals surface area contributed by atoms with Crippen molar-refractivity contribution < 1.29 is 5.11 Å². The number of anilines is 1. The molecule has 1 aliphatic rings. The maximum atomic E-state index is 10.7. The third kappa shape index (κ3) is 4.55. The van der Waals surface area contributed by atoms with Gasteiger partial charge in [-0.3, -0.25) is 0 Å². The van der Waals surface area contributed by atoms with Crippen molar-refractivity contribution >= 4 is 17.4 Å². The van der Waals surface area contributed by atoms with Gasteiger partial charge in [0.25, 0.3) is 0 Å². The van der Waals surface area contributed by atoms with Gasteiger partial charge in [0.2, 0.25) is 0 Å². The zero-order chi connectivity index (χ0) is 15.7. The SMILES string of the molecule is CC1CCCC(O)(CNc2cc(Cl)nc(C(C)(C)C)n2)C1. The maximum Gasteiger partial charge on any atom is 0.137 e. The smallest absolute Gasteiger partial charge is 0.137 e. The van der Waals surface area contributed by atoms with Crippen LogP contribution in [0.15, 0.2) is 6.07 Å². The number of nitrogens with zero attached hydrogens (tertiary/aromatic N) is 2. The highest BCUT2D eigenvalue weighted by Crippen LogP contribution is 2.32. The molecule has 0 amide bonds. The molecule has 4 nitrogen and oxygen atoms in total. The molecule has 0 aromatic carbocycles. The minimum atomic E-state index is -0.642. The van der Waals surface area contributed by atoms with Crippen molar-refractivity contribution in [1.82, 2.24) is 9.97 Å². The summed E-state index contributed by atoms with van der Waals surface area (Å²) in [6.07, 6.45) is 3.97. The van der Waals surface area contributed by atoms with Gasteiger partial charge in [-0.15, -0.1) is 0 Å². The van der Waals surface area contributed by atoms with Gasteiger partial charge >= 0.3 is 0 Å². The van der Waals surface area contributed by atoms with Crippen LogP contribution in [-0.4, -0.2) is 27.2 Å². The summed E-state index contributed by atoms with van der Waals surface area (Å²) in [6, 6.07) is 1.71. The molecule has 0 saturated heterocycles. The highest BCUT2D eigenvalue weighted by atomic mass is 35.5. The Morgan fingerprint density at radius 1 is 1.43 bits per heavy atom. The summed E-state index contributed by atoms with van der Waals surface area (Å²) in [5.74, 6) is 1.97. The van der Waals surface area contributed by atoms with Crippen molar-refractivity contribution in [3.8, 4) is 0 Å². The highest BCUT2D eigenvalue weighted by Gasteiger charge is 2.32. The molecule has 2 atom stereocenters. The average Bonchev–Trinajstić information content (AvgIpc) is 2.34. The Kier molecular flexibility index (Phi) is 4.79. The average molecular weight is 312 g/mol. The lowest BCUT2D eigenvalue weighted by Gasteiger charge is -2.35. The fourth-order valence-electron chi connectivity index (χ4n) is 2.89. The molecule has 0 radical (unpaired) electrons. The van der Waals surface area contributed by atoms with Crippen molar-refractivity contribution in [2.75, 3.05) is 11.9 Å². The molecule has 1 fully saturated rings. The minimum absolute atomic E-state index is 0.155. The lowest BCUT2D eigenvalue weighted by Crippen LogP contribution is -2.41. The van der Waals surface area contributed by atoms with Crippen LogP contribution < -0.4 is 5.32 Å². The first kappa shape index (κ1) is 16.5. The van der Waals surface area contributed by atoms with E-state index in [1.54, 1.807) is 6.07 Å². The standard InChI is InChI=1S/C16H26ClN3O/c1-11-6-5-7-16(21,9-11)10-18-13-8-12(17)19-14(20-13)15(2,3)4/h8,11,21H,5-7,9-10H2,1-4H3,(H,18,19,20). The summed E-state index contributed by atoms with van der Waals surface area (Å²) in [6.45, 7) is 8.87. The van der Waals surface area contributed by atoms with Crippen molar-refractivity contribution in [2.45, 2.75) is 64.4 Å². The molecule has 1 aliphatic carbocycles. The van der Waals surface area contributed by atoms with Crippen LogP contribution >= 0.6 is 11.6 Å². The van der Waals surface area contributed by atoms with E-state index in [0.29, 0.717) is 29.3 Å². The van der Waals surface area contributed by atoms with Gasteiger partial charge in [0.05, 0.1) is 5.60 Å². The van der Waals surface area contributed by atoms with Crippen LogP contribution in [0.5, 0.6) is 0 Å². The third-order valence-electron chi connectivity index (χ3n) is 4.03. The fraction of sp³-hybridized carbons (Fsp3) is 0.750. The summed E-state index contributed by atoms with van der Waals surface area (Å²) in [5.41, 5.74) is -0.797. The molecule has 5 heteroatoms. The molecule has 1 heterocycles. The minimum Gasteiger partial charge on any atom is -0.388 e. The van der Waals surface area contributed by atoms with E-state index in [1.165, 1.54) is 6.42 Å². The molecule has 1 aromatic rings. The number of hydrogen-bond acceptors (Lipinski definition) is 4. The maximum absolute atomic E-state index is 10.7.